The van der Waals surface area contributed by atoms with E-state index in [-0.39, 0.29) is 11.8 Å². The first-order chi connectivity index (χ1) is 17.2. The van der Waals surface area contributed by atoms with E-state index in [2.05, 4.69) is 40.5 Å². The lowest BCUT2D eigenvalue weighted by molar-refractivity contribution is -0.116. The molecule has 0 bridgehead atoms. The molecule has 1 fully saturated rings. The van der Waals surface area contributed by atoms with Crippen molar-refractivity contribution < 1.29 is 4.79 Å². The minimum Gasteiger partial charge on any atom is -0.361 e. The summed E-state index contributed by atoms with van der Waals surface area (Å²) in [5.41, 5.74) is 5.25. The van der Waals surface area contributed by atoms with Gasteiger partial charge in [0.1, 0.15) is 0 Å². The number of benzene rings is 3. The zero-order valence-corrected chi connectivity index (χ0v) is 20.5. The number of carbonyl (C=O) groups excluding carboxylic acids is 1. The molecule has 0 spiro atoms. The van der Waals surface area contributed by atoms with Crippen LogP contribution >= 0.6 is 0 Å². The molecular weight excluding hydrogens is 430 g/mol. The SMILES string of the molecule is CCCN(CCc1c[nH]c2ccc(NC(=O)C(c3ccccc3)c3ccccc3)cc12)CC1CC1. The van der Waals surface area contributed by atoms with E-state index in [1.807, 2.05) is 66.7 Å². The molecule has 1 heterocycles. The highest BCUT2D eigenvalue weighted by molar-refractivity contribution is 6.00. The molecule has 4 aromatic rings. The van der Waals surface area contributed by atoms with E-state index in [4.69, 9.17) is 0 Å². The predicted molar refractivity (Wildman–Crippen MR) is 145 cm³/mol. The fourth-order valence-electron chi connectivity index (χ4n) is 5.02. The summed E-state index contributed by atoms with van der Waals surface area (Å²) in [5, 5.41) is 4.40. The molecule has 0 unspecified atom stereocenters. The Balaban J connectivity index is 1.34. The van der Waals surface area contributed by atoms with Gasteiger partial charge in [-0.25, -0.2) is 0 Å². The van der Waals surface area contributed by atoms with E-state index < -0.39 is 0 Å². The van der Waals surface area contributed by atoms with Gasteiger partial charge in [-0.3, -0.25) is 4.79 Å². The summed E-state index contributed by atoms with van der Waals surface area (Å²) in [5.74, 6) is 0.537. The number of aromatic nitrogens is 1. The molecule has 0 radical (unpaired) electrons. The largest absolute Gasteiger partial charge is 0.361 e. The van der Waals surface area contributed by atoms with E-state index in [1.54, 1.807) is 0 Å². The van der Waals surface area contributed by atoms with Crippen LogP contribution < -0.4 is 5.32 Å². The van der Waals surface area contributed by atoms with E-state index in [9.17, 15) is 4.79 Å². The van der Waals surface area contributed by atoms with Gasteiger partial charge in [0.15, 0.2) is 0 Å². The molecule has 1 saturated carbocycles. The summed E-state index contributed by atoms with van der Waals surface area (Å²) in [6.07, 6.45) is 7.13. The van der Waals surface area contributed by atoms with Crippen LogP contribution in [0.1, 0.15) is 48.8 Å². The normalized spacial score (nSPS) is 13.6. The molecular formula is C31H35N3O. The van der Waals surface area contributed by atoms with E-state index >= 15 is 0 Å². The Kier molecular flexibility index (Phi) is 7.29. The monoisotopic (exact) mass is 465 g/mol. The highest BCUT2D eigenvalue weighted by Crippen LogP contribution is 2.31. The fraction of sp³-hybridized carbons (Fsp3) is 0.323. The third-order valence-electron chi connectivity index (χ3n) is 7.01. The Morgan fingerprint density at radius 3 is 2.29 bits per heavy atom. The quantitative estimate of drug-likeness (QED) is 0.262. The summed E-state index contributed by atoms with van der Waals surface area (Å²) >= 11 is 0. The van der Waals surface area contributed by atoms with Crippen molar-refractivity contribution in [2.75, 3.05) is 25.0 Å². The molecule has 180 valence electrons. The van der Waals surface area contributed by atoms with Gasteiger partial charge in [0.05, 0.1) is 5.92 Å². The van der Waals surface area contributed by atoms with Crippen LogP contribution in [0.25, 0.3) is 10.9 Å². The molecule has 1 aromatic heterocycles. The first kappa shape index (κ1) is 23.4. The maximum atomic E-state index is 13.5. The Morgan fingerprint density at radius 2 is 1.66 bits per heavy atom. The van der Waals surface area contributed by atoms with Crippen LogP contribution in [0.3, 0.4) is 0 Å². The summed E-state index contributed by atoms with van der Waals surface area (Å²) in [7, 11) is 0. The number of hydrogen-bond donors (Lipinski definition) is 2. The smallest absolute Gasteiger partial charge is 0.236 e. The fourth-order valence-corrected chi connectivity index (χ4v) is 5.02. The van der Waals surface area contributed by atoms with Crippen LogP contribution in [0.15, 0.2) is 85.1 Å². The van der Waals surface area contributed by atoms with Crippen molar-refractivity contribution in [1.29, 1.82) is 0 Å². The summed E-state index contributed by atoms with van der Waals surface area (Å²) in [6, 6.07) is 26.2. The van der Waals surface area contributed by atoms with Gasteiger partial charge in [0, 0.05) is 35.9 Å². The summed E-state index contributed by atoms with van der Waals surface area (Å²) in [6.45, 7) is 5.75. The van der Waals surface area contributed by atoms with Crippen LogP contribution in [-0.2, 0) is 11.2 Å². The van der Waals surface area contributed by atoms with Gasteiger partial charge in [0.25, 0.3) is 0 Å². The zero-order chi connectivity index (χ0) is 24.0. The number of H-pyrrole nitrogens is 1. The van der Waals surface area contributed by atoms with E-state index in [1.165, 1.54) is 43.3 Å². The van der Waals surface area contributed by atoms with Gasteiger partial charge in [-0.2, -0.15) is 0 Å². The summed E-state index contributed by atoms with van der Waals surface area (Å²) in [4.78, 5) is 19.6. The molecule has 4 nitrogen and oxygen atoms in total. The van der Waals surface area contributed by atoms with Crippen molar-refractivity contribution in [2.24, 2.45) is 5.92 Å². The van der Waals surface area contributed by atoms with Gasteiger partial charge < -0.3 is 15.2 Å². The molecule has 1 aliphatic carbocycles. The van der Waals surface area contributed by atoms with Crippen LogP contribution in [0.5, 0.6) is 0 Å². The number of anilines is 1. The summed E-state index contributed by atoms with van der Waals surface area (Å²) < 4.78 is 0. The predicted octanol–water partition coefficient (Wildman–Crippen LogP) is 6.60. The second kappa shape index (κ2) is 10.9. The molecule has 0 aliphatic heterocycles. The van der Waals surface area contributed by atoms with E-state index in [0.29, 0.717) is 0 Å². The number of carbonyl (C=O) groups is 1. The van der Waals surface area contributed by atoms with Crippen molar-refractivity contribution in [3.05, 3.63) is 102 Å². The highest BCUT2D eigenvalue weighted by Gasteiger charge is 2.24. The van der Waals surface area contributed by atoms with Crippen LogP contribution in [0, 0.1) is 5.92 Å². The number of hydrogen-bond acceptors (Lipinski definition) is 2. The molecule has 2 N–H and O–H groups in total. The number of nitrogens with one attached hydrogen (secondary N) is 2. The zero-order valence-electron chi connectivity index (χ0n) is 20.5. The second-order valence-electron chi connectivity index (χ2n) is 9.81. The van der Waals surface area contributed by atoms with E-state index in [0.717, 1.165) is 41.2 Å². The lowest BCUT2D eigenvalue weighted by Gasteiger charge is -2.21. The molecule has 4 heteroatoms. The van der Waals surface area contributed by atoms with Crippen molar-refractivity contribution in [2.45, 2.75) is 38.5 Å². The molecule has 3 aromatic carbocycles. The van der Waals surface area contributed by atoms with Gasteiger partial charge in [0.2, 0.25) is 5.91 Å². The highest BCUT2D eigenvalue weighted by atomic mass is 16.1. The first-order valence-electron chi connectivity index (χ1n) is 12.9. The molecule has 35 heavy (non-hydrogen) atoms. The first-order valence-corrected chi connectivity index (χ1v) is 12.9. The number of aromatic amines is 1. The molecule has 1 aliphatic rings. The molecule has 5 rings (SSSR count). The van der Waals surface area contributed by atoms with Crippen molar-refractivity contribution in [3.63, 3.8) is 0 Å². The van der Waals surface area contributed by atoms with Crippen molar-refractivity contribution in [3.8, 4) is 0 Å². The van der Waals surface area contributed by atoms with Crippen molar-refractivity contribution in [1.82, 2.24) is 9.88 Å². The Hall–Kier alpha value is -3.37. The number of nitrogens with zero attached hydrogens (tertiary/aromatic N) is 1. The lowest BCUT2D eigenvalue weighted by Crippen LogP contribution is -2.29. The Bertz CT molecular complexity index is 1200. The number of amides is 1. The third kappa shape index (κ3) is 5.83. The topological polar surface area (TPSA) is 48.1 Å². The third-order valence-corrected chi connectivity index (χ3v) is 7.01. The average molecular weight is 466 g/mol. The van der Waals surface area contributed by atoms with Crippen LogP contribution in [0.2, 0.25) is 0 Å². The van der Waals surface area contributed by atoms with Gasteiger partial charge in [-0.15, -0.1) is 0 Å². The number of rotatable bonds is 11. The van der Waals surface area contributed by atoms with Crippen molar-refractivity contribution >= 4 is 22.5 Å². The number of fused-ring (bicyclic) bond motifs is 1. The maximum absolute atomic E-state index is 13.5. The van der Waals surface area contributed by atoms with Gasteiger partial charge in [-0.05, 0) is 73.0 Å². The van der Waals surface area contributed by atoms with Crippen LogP contribution in [0.4, 0.5) is 5.69 Å². The molecule has 0 saturated heterocycles. The maximum Gasteiger partial charge on any atom is 0.236 e. The Labute approximate surface area is 208 Å². The second-order valence-corrected chi connectivity index (χ2v) is 9.81. The van der Waals surface area contributed by atoms with Gasteiger partial charge in [-0.1, -0.05) is 67.6 Å². The van der Waals surface area contributed by atoms with Gasteiger partial charge >= 0.3 is 0 Å². The Morgan fingerprint density at radius 1 is 0.971 bits per heavy atom. The lowest BCUT2D eigenvalue weighted by atomic mass is 9.90. The standard InChI is InChI=1S/C31H35N3O/c1-2-18-34(22-23-13-14-23)19-17-26-21-32-29-16-15-27(20-28(26)29)33-31(35)30(24-9-5-3-6-10-24)25-11-7-4-8-12-25/h3-12,15-16,20-21,23,30,32H,2,13-14,17-19,22H2,1H3,(H,33,35). The minimum atomic E-state index is -0.358. The molecule has 1 amide bonds. The van der Waals surface area contributed by atoms with Crippen LogP contribution in [-0.4, -0.2) is 35.4 Å². The average Bonchev–Trinajstić information content (AvgIpc) is 3.61. The minimum absolute atomic E-state index is 0.0163. The molecule has 0 atom stereocenters.